The molecule has 2 rings (SSSR count). The van der Waals surface area contributed by atoms with Gasteiger partial charge in [-0.3, -0.25) is 4.79 Å². The number of carbonyl (C=O) groups is 1. The third-order valence-electron chi connectivity index (χ3n) is 2.89. The van der Waals surface area contributed by atoms with Crippen molar-refractivity contribution >= 4 is 34.8 Å². The fourth-order valence-electron chi connectivity index (χ4n) is 1.70. The van der Waals surface area contributed by atoms with Gasteiger partial charge < -0.3 is 10.1 Å². The molecule has 1 amide bonds. The first-order valence-corrected chi connectivity index (χ1v) is 7.20. The molecule has 0 fully saturated rings. The third-order valence-corrected chi connectivity index (χ3v) is 3.44. The van der Waals surface area contributed by atoms with Gasteiger partial charge in [0.2, 0.25) is 0 Å². The molecule has 0 saturated heterocycles. The van der Waals surface area contributed by atoms with Crippen molar-refractivity contribution in [3.63, 3.8) is 0 Å². The Hall–Kier alpha value is -1.71. The van der Waals surface area contributed by atoms with E-state index < -0.39 is 6.10 Å². The number of benzene rings is 2. The molecule has 0 spiro atoms. The first-order chi connectivity index (χ1) is 9.95. The highest BCUT2D eigenvalue weighted by atomic mass is 35.5. The van der Waals surface area contributed by atoms with Crippen molar-refractivity contribution in [2.24, 2.45) is 0 Å². The van der Waals surface area contributed by atoms with Gasteiger partial charge in [0.15, 0.2) is 6.10 Å². The minimum Gasteiger partial charge on any atom is -0.481 e. The summed E-state index contributed by atoms with van der Waals surface area (Å²) in [5, 5.41) is 3.62. The van der Waals surface area contributed by atoms with Crippen molar-refractivity contribution in [2.75, 3.05) is 5.32 Å². The van der Waals surface area contributed by atoms with Gasteiger partial charge in [-0.1, -0.05) is 40.9 Å². The van der Waals surface area contributed by atoms with E-state index in [0.29, 0.717) is 21.5 Å². The molecule has 1 N–H and O–H groups in total. The minimum absolute atomic E-state index is 0.278. The highest BCUT2D eigenvalue weighted by Crippen LogP contribution is 2.25. The average molecular weight is 324 g/mol. The predicted octanol–water partition coefficient (Wildman–Crippen LogP) is 4.71. The standard InChI is InChI=1S/C16H15Cl2NO2/c1-10-3-6-13(7-4-10)21-11(2)16(20)19-15-8-5-12(17)9-14(15)18/h3-9,11H,1-2H3,(H,19,20). The molecule has 0 aliphatic carbocycles. The molecular formula is C16H15Cl2NO2. The van der Waals surface area contributed by atoms with Gasteiger partial charge in [-0.15, -0.1) is 0 Å². The van der Waals surface area contributed by atoms with Crippen molar-refractivity contribution < 1.29 is 9.53 Å². The summed E-state index contributed by atoms with van der Waals surface area (Å²) in [4.78, 5) is 12.1. The second-order valence-electron chi connectivity index (χ2n) is 4.69. The number of hydrogen-bond acceptors (Lipinski definition) is 2. The lowest BCUT2D eigenvalue weighted by Crippen LogP contribution is -2.30. The number of amides is 1. The van der Waals surface area contributed by atoms with Crippen molar-refractivity contribution in [1.82, 2.24) is 0 Å². The van der Waals surface area contributed by atoms with Crippen LogP contribution in [0.2, 0.25) is 10.0 Å². The summed E-state index contributed by atoms with van der Waals surface area (Å²) >= 11 is 11.8. The number of nitrogens with one attached hydrogen (secondary N) is 1. The first kappa shape index (κ1) is 15.7. The van der Waals surface area contributed by atoms with Crippen LogP contribution < -0.4 is 10.1 Å². The number of carbonyl (C=O) groups excluding carboxylic acids is 1. The Morgan fingerprint density at radius 2 is 1.81 bits per heavy atom. The molecule has 0 aliphatic rings. The number of hydrogen-bond donors (Lipinski definition) is 1. The lowest BCUT2D eigenvalue weighted by atomic mass is 10.2. The lowest BCUT2D eigenvalue weighted by molar-refractivity contribution is -0.122. The third kappa shape index (κ3) is 4.38. The molecule has 2 aromatic carbocycles. The number of aryl methyl sites for hydroxylation is 1. The van der Waals surface area contributed by atoms with Gasteiger partial charge in [-0.25, -0.2) is 0 Å². The maximum atomic E-state index is 12.1. The first-order valence-electron chi connectivity index (χ1n) is 6.45. The van der Waals surface area contributed by atoms with Gasteiger partial charge in [-0.05, 0) is 44.2 Å². The Balaban J connectivity index is 2.00. The molecule has 1 unspecified atom stereocenters. The van der Waals surface area contributed by atoms with Crippen LogP contribution in [0.4, 0.5) is 5.69 Å². The van der Waals surface area contributed by atoms with Gasteiger partial charge >= 0.3 is 0 Å². The highest BCUT2D eigenvalue weighted by Gasteiger charge is 2.16. The van der Waals surface area contributed by atoms with Crippen LogP contribution in [-0.2, 0) is 4.79 Å². The Bertz CT molecular complexity index is 641. The van der Waals surface area contributed by atoms with Gasteiger partial charge in [0.05, 0.1) is 10.7 Å². The summed E-state index contributed by atoms with van der Waals surface area (Å²) in [6.45, 7) is 3.67. The fraction of sp³-hybridized carbons (Fsp3) is 0.188. The highest BCUT2D eigenvalue weighted by molar-refractivity contribution is 6.36. The normalized spacial score (nSPS) is 11.8. The summed E-state index contributed by atoms with van der Waals surface area (Å²) in [6.07, 6.45) is -0.639. The van der Waals surface area contributed by atoms with E-state index in [1.807, 2.05) is 31.2 Å². The van der Waals surface area contributed by atoms with Crippen LogP contribution in [0.25, 0.3) is 0 Å². The Kier molecular flexibility index (Phi) is 5.10. The molecule has 3 nitrogen and oxygen atoms in total. The van der Waals surface area contributed by atoms with Crippen LogP contribution in [0.5, 0.6) is 5.75 Å². The zero-order valence-electron chi connectivity index (χ0n) is 11.7. The summed E-state index contributed by atoms with van der Waals surface area (Å²) in [5.41, 5.74) is 1.64. The number of ether oxygens (including phenoxy) is 1. The van der Waals surface area contributed by atoms with E-state index in [9.17, 15) is 4.79 Å². The SMILES string of the molecule is Cc1ccc(OC(C)C(=O)Nc2ccc(Cl)cc2Cl)cc1. The van der Waals surface area contributed by atoms with E-state index >= 15 is 0 Å². The summed E-state index contributed by atoms with van der Waals surface area (Å²) in [7, 11) is 0. The summed E-state index contributed by atoms with van der Waals surface area (Å²) in [5.74, 6) is 0.366. The van der Waals surface area contributed by atoms with Crippen LogP contribution in [-0.4, -0.2) is 12.0 Å². The topological polar surface area (TPSA) is 38.3 Å². The van der Waals surface area contributed by atoms with Gasteiger partial charge in [0.1, 0.15) is 5.75 Å². The van der Waals surface area contributed by atoms with Crippen molar-refractivity contribution in [1.29, 1.82) is 0 Å². The maximum Gasteiger partial charge on any atom is 0.265 e. The van der Waals surface area contributed by atoms with Crippen molar-refractivity contribution in [3.8, 4) is 5.75 Å². The zero-order chi connectivity index (χ0) is 15.4. The summed E-state index contributed by atoms with van der Waals surface area (Å²) < 4.78 is 5.59. The molecule has 21 heavy (non-hydrogen) atoms. The maximum absolute atomic E-state index is 12.1. The molecular weight excluding hydrogens is 309 g/mol. The van der Waals surface area contributed by atoms with E-state index in [4.69, 9.17) is 27.9 Å². The molecule has 0 saturated carbocycles. The summed E-state index contributed by atoms with van der Waals surface area (Å²) in [6, 6.07) is 12.4. The number of halogens is 2. The molecule has 1 atom stereocenters. The van der Waals surface area contributed by atoms with E-state index in [2.05, 4.69) is 5.32 Å². The zero-order valence-corrected chi connectivity index (χ0v) is 13.2. The van der Waals surface area contributed by atoms with E-state index in [1.165, 1.54) is 0 Å². The van der Waals surface area contributed by atoms with E-state index in [1.54, 1.807) is 25.1 Å². The Labute approximate surface area is 133 Å². The molecule has 0 aliphatic heterocycles. The van der Waals surface area contributed by atoms with Crippen LogP contribution >= 0.6 is 23.2 Å². The van der Waals surface area contributed by atoms with Crippen molar-refractivity contribution in [3.05, 3.63) is 58.1 Å². The monoisotopic (exact) mass is 323 g/mol. The van der Waals surface area contributed by atoms with E-state index in [-0.39, 0.29) is 5.91 Å². The molecule has 5 heteroatoms. The van der Waals surface area contributed by atoms with Gasteiger partial charge in [0.25, 0.3) is 5.91 Å². The number of anilines is 1. The second kappa shape index (κ2) is 6.83. The molecule has 0 heterocycles. The molecule has 110 valence electrons. The average Bonchev–Trinajstić information content (AvgIpc) is 2.44. The molecule has 0 radical (unpaired) electrons. The Morgan fingerprint density at radius 3 is 2.43 bits per heavy atom. The van der Waals surface area contributed by atoms with E-state index in [0.717, 1.165) is 5.56 Å². The molecule has 0 aromatic heterocycles. The molecule has 2 aromatic rings. The minimum atomic E-state index is -0.639. The van der Waals surface area contributed by atoms with Gasteiger partial charge in [0, 0.05) is 5.02 Å². The fourth-order valence-corrected chi connectivity index (χ4v) is 2.16. The lowest BCUT2D eigenvalue weighted by Gasteiger charge is -2.15. The van der Waals surface area contributed by atoms with Crippen LogP contribution in [0.15, 0.2) is 42.5 Å². The quantitative estimate of drug-likeness (QED) is 0.885. The largest absolute Gasteiger partial charge is 0.481 e. The van der Waals surface area contributed by atoms with Crippen LogP contribution in [0.1, 0.15) is 12.5 Å². The Morgan fingerprint density at radius 1 is 1.14 bits per heavy atom. The van der Waals surface area contributed by atoms with Crippen LogP contribution in [0.3, 0.4) is 0 Å². The smallest absolute Gasteiger partial charge is 0.265 e. The van der Waals surface area contributed by atoms with Crippen molar-refractivity contribution in [2.45, 2.75) is 20.0 Å². The second-order valence-corrected chi connectivity index (χ2v) is 5.53. The van der Waals surface area contributed by atoms with Gasteiger partial charge in [-0.2, -0.15) is 0 Å². The van der Waals surface area contributed by atoms with Crippen LogP contribution in [0, 0.1) is 6.92 Å². The number of rotatable bonds is 4. The molecule has 0 bridgehead atoms. The predicted molar refractivity (Wildman–Crippen MR) is 86.4 cm³/mol.